The summed E-state index contributed by atoms with van der Waals surface area (Å²) in [6.45, 7) is 0. The molecule has 272 valence electrons. The molecule has 0 amide bonds. The van der Waals surface area contributed by atoms with Crippen molar-refractivity contribution in [2.75, 3.05) is 4.90 Å². The summed E-state index contributed by atoms with van der Waals surface area (Å²) >= 11 is 0. The van der Waals surface area contributed by atoms with Gasteiger partial charge in [-0.15, -0.1) is 0 Å². The largest absolute Gasteiger partial charge is 0.456 e. The topological polar surface area (TPSA) is 55.6 Å². The molecule has 0 radical (unpaired) electrons. The van der Waals surface area contributed by atoms with Crippen molar-refractivity contribution in [1.29, 1.82) is 0 Å². The van der Waals surface area contributed by atoms with Gasteiger partial charge in [0.25, 0.3) is 0 Å². The van der Waals surface area contributed by atoms with Crippen molar-refractivity contribution in [3.05, 3.63) is 194 Å². The monoisotopic (exact) mass is 744 g/mol. The van der Waals surface area contributed by atoms with Gasteiger partial charge in [-0.1, -0.05) is 109 Å². The van der Waals surface area contributed by atoms with Crippen LogP contribution >= 0.6 is 0 Å². The normalized spacial score (nSPS) is 11.8. The number of hydrogen-bond donors (Lipinski definition) is 0. The van der Waals surface area contributed by atoms with Gasteiger partial charge in [0.1, 0.15) is 27.8 Å². The highest BCUT2D eigenvalue weighted by molar-refractivity contribution is 6.17. The lowest BCUT2D eigenvalue weighted by molar-refractivity contribution is 0.619. The fraction of sp³-hybridized carbons (Fsp3) is 0. The third-order valence-corrected chi connectivity index (χ3v) is 11.3. The van der Waals surface area contributed by atoms with Gasteiger partial charge in [0, 0.05) is 38.8 Å². The van der Waals surface area contributed by atoms with Crippen LogP contribution in [0.25, 0.3) is 99.5 Å². The van der Waals surface area contributed by atoms with E-state index in [9.17, 15) is 0 Å². The molecule has 3 aromatic heterocycles. The Morgan fingerprint density at radius 2 is 0.983 bits per heavy atom. The van der Waals surface area contributed by atoms with Crippen LogP contribution in [0.5, 0.6) is 0 Å². The van der Waals surface area contributed by atoms with Crippen molar-refractivity contribution in [1.82, 2.24) is 4.98 Å². The summed E-state index contributed by atoms with van der Waals surface area (Å²) in [6, 6.07) is 67.7. The second-order valence-corrected chi connectivity index (χ2v) is 14.7. The lowest BCUT2D eigenvalue weighted by Gasteiger charge is -2.26. The van der Waals surface area contributed by atoms with E-state index in [-0.39, 0.29) is 0 Å². The van der Waals surface area contributed by atoms with Gasteiger partial charge in [0.15, 0.2) is 5.58 Å². The van der Waals surface area contributed by atoms with Gasteiger partial charge >= 0.3 is 0 Å². The maximum Gasteiger partial charge on any atom is 0.227 e. The van der Waals surface area contributed by atoms with Crippen LogP contribution in [-0.2, 0) is 0 Å². The Kier molecular flexibility index (Phi) is 7.16. The standard InChI is InChI=1S/C53H32N2O3/c1-2-10-36(11-3-1)53-54-52-49(58-53)30-29-48-51(52)44-27-21-37(31-50(44)57-48)33-17-22-38(23-18-33)55(40-26-28-47-45(32-40)43-14-6-7-16-46(43)56-47)39-24-19-35(20-25-39)42-15-8-12-34-9-4-5-13-41(34)42/h1-32H. The van der Waals surface area contributed by atoms with E-state index in [0.29, 0.717) is 5.89 Å². The molecular weight excluding hydrogens is 713 g/mol. The van der Waals surface area contributed by atoms with E-state index in [1.54, 1.807) is 0 Å². The molecule has 12 aromatic rings. The van der Waals surface area contributed by atoms with E-state index >= 15 is 0 Å². The average molecular weight is 745 g/mol. The van der Waals surface area contributed by atoms with Crippen molar-refractivity contribution >= 4 is 82.8 Å². The van der Waals surface area contributed by atoms with Crippen LogP contribution in [0.3, 0.4) is 0 Å². The van der Waals surface area contributed by atoms with Gasteiger partial charge < -0.3 is 18.2 Å². The van der Waals surface area contributed by atoms with Crippen molar-refractivity contribution in [3.63, 3.8) is 0 Å². The number of rotatable bonds is 6. The highest BCUT2D eigenvalue weighted by Crippen LogP contribution is 2.42. The van der Waals surface area contributed by atoms with Gasteiger partial charge in [-0.25, -0.2) is 4.98 Å². The molecule has 0 spiro atoms. The van der Waals surface area contributed by atoms with Gasteiger partial charge in [-0.3, -0.25) is 0 Å². The zero-order valence-electron chi connectivity index (χ0n) is 31.1. The summed E-state index contributed by atoms with van der Waals surface area (Å²) in [5, 5.41) is 6.63. The second-order valence-electron chi connectivity index (χ2n) is 14.7. The molecule has 0 bridgehead atoms. The van der Waals surface area contributed by atoms with Crippen molar-refractivity contribution in [2.24, 2.45) is 0 Å². The van der Waals surface area contributed by atoms with E-state index in [4.69, 9.17) is 18.2 Å². The molecule has 0 aliphatic heterocycles. The molecule has 0 saturated heterocycles. The Balaban J connectivity index is 0.936. The summed E-state index contributed by atoms with van der Waals surface area (Å²) < 4.78 is 18.8. The maximum absolute atomic E-state index is 6.44. The first-order valence-electron chi connectivity index (χ1n) is 19.4. The zero-order valence-corrected chi connectivity index (χ0v) is 31.1. The van der Waals surface area contributed by atoms with Gasteiger partial charge in [0.05, 0.1) is 5.39 Å². The number of para-hydroxylation sites is 1. The number of aromatic nitrogens is 1. The first kappa shape index (κ1) is 32.4. The molecule has 58 heavy (non-hydrogen) atoms. The molecule has 9 aromatic carbocycles. The van der Waals surface area contributed by atoms with Crippen LogP contribution in [-0.4, -0.2) is 4.98 Å². The number of fused-ring (bicyclic) bond motifs is 9. The molecule has 5 heteroatoms. The lowest BCUT2D eigenvalue weighted by atomic mass is 9.98. The Bertz CT molecular complexity index is 3500. The molecule has 12 rings (SSSR count). The summed E-state index contributed by atoms with van der Waals surface area (Å²) in [6.07, 6.45) is 0. The fourth-order valence-corrected chi connectivity index (χ4v) is 8.51. The van der Waals surface area contributed by atoms with E-state index in [1.165, 1.54) is 21.9 Å². The molecule has 3 heterocycles. The number of hydrogen-bond acceptors (Lipinski definition) is 5. The molecule has 0 aliphatic rings. The predicted octanol–water partition coefficient (Wildman–Crippen LogP) is 15.3. The fourth-order valence-electron chi connectivity index (χ4n) is 8.51. The first-order valence-corrected chi connectivity index (χ1v) is 19.4. The third-order valence-electron chi connectivity index (χ3n) is 11.3. The number of oxazole rings is 1. The Morgan fingerprint density at radius 3 is 1.83 bits per heavy atom. The molecule has 0 aliphatic carbocycles. The highest BCUT2D eigenvalue weighted by atomic mass is 16.4. The molecular formula is C53H32N2O3. The van der Waals surface area contributed by atoms with Gasteiger partial charge in [-0.05, 0) is 118 Å². The molecule has 0 unspecified atom stereocenters. The van der Waals surface area contributed by atoms with Gasteiger partial charge in [-0.2, -0.15) is 0 Å². The van der Waals surface area contributed by atoms with Crippen molar-refractivity contribution < 1.29 is 13.3 Å². The minimum Gasteiger partial charge on any atom is -0.456 e. The summed E-state index contributed by atoms with van der Waals surface area (Å²) in [4.78, 5) is 7.23. The third kappa shape index (κ3) is 5.21. The van der Waals surface area contributed by atoms with E-state index < -0.39 is 0 Å². The number of furan rings is 2. The van der Waals surface area contributed by atoms with E-state index in [1.807, 2.05) is 54.6 Å². The first-order chi connectivity index (χ1) is 28.7. The summed E-state index contributed by atoms with van der Waals surface area (Å²) in [7, 11) is 0. The average Bonchev–Trinajstić information content (AvgIpc) is 4.00. The SMILES string of the molecule is c1ccc(-c2nc3c(ccc4oc5cc(-c6ccc(N(c7ccc(-c8cccc9ccccc89)cc7)c7ccc8oc9ccccc9c8c7)cc6)ccc5c43)o2)cc1. The highest BCUT2D eigenvalue weighted by Gasteiger charge is 2.19. The zero-order chi connectivity index (χ0) is 38.2. The van der Waals surface area contributed by atoms with Crippen molar-refractivity contribution in [2.45, 2.75) is 0 Å². The van der Waals surface area contributed by atoms with Crippen LogP contribution in [0, 0.1) is 0 Å². The Labute approximate surface area is 332 Å². The van der Waals surface area contributed by atoms with Gasteiger partial charge in [0.2, 0.25) is 5.89 Å². The maximum atomic E-state index is 6.44. The van der Waals surface area contributed by atoms with E-state index in [2.05, 4.69) is 144 Å². The molecule has 0 atom stereocenters. The predicted molar refractivity (Wildman–Crippen MR) is 237 cm³/mol. The van der Waals surface area contributed by atoms with Crippen LogP contribution < -0.4 is 4.90 Å². The molecule has 0 saturated carbocycles. The summed E-state index contributed by atoms with van der Waals surface area (Å²) in [5.74, 6) is 0.599. The quantitative estimate of drug-likeness (QED) is 0.170. The van der Waals surface area contributed by atoms with Crippen molar-refractivity contribution in [3.8, 4) is 33.7 Å². The van der Waals surface area contributed by atoms with Crippen LogP contribution in [0.15, 0.2) is 207 Å². The summed E-state index contributed by atoms with van der Waals surface area (Å²) in [5.41, 5.74) is 13.5. The number of anilines is 3. The smallest absolute Gasteiger partial charge is 0.227 e. The Hall–Kier alpha value is -7.89. The molecule has 5 nitrogen and oxygen atoms in total. The molecule has 0 N–H and O–H groups in total. The lowest BCUT2D eigenvalue weighted by Crippen LogP contribution is -2.09. The van der Waals surface area contributed by atoms with Crippen LogP contribution in [0.2, 0.25) is 0 Å². The van der Waals surface area contributed by atoms with Crippen LogP contribution in [0.4, 0.5) is 17.1 Å². The van der Waals surface area contributed by atoms with E-state index in [0.717, 1.165) is 88.7 Å². The second kappa shape index (κ2) is 12.8. The number of benzene rings is 9. The molecule has 0 fully saturated rings. The Morgan fingerprint density at radius 1 is 0.345 bits per heavy atom. The number of nitrogens with zero attached hydrogens (tertiary/aromatic N) is 2. The minimum absolute atomic E-state index is 0.599. The van der Waals surface area contributed by atoms with Crippen LogP contribution in [0.1, 0.15) is 0 Å². The minimum atomic E-state index is 0.599.